The topological polar surface area (TPSA) is 43.4 Å². The van der Waals surface area contributed by atoms with Gasteiger partial charge in [0.15, 0.2) is 0 Å². The summed E-state index contributed by atoms with van der Waals surface area (Å²) in [6, 6.07) is 0. The lowest BCUT2D eigenvalue weighted by Crippen LogP contribution is -2.28. The van der Waals surface area contributed by atoms with Crippen LogP contribution in [-0.4, -0.2) is 39.0 Å². The van der Waals surface area contributed by atoms with Gasteiger partial charge in [-0.1, -0.05) is 65.7 Å². The fourth-order valence-electron chi connectivity index (χ4n) is 5.09. The molecule has 9 heteroatoms. The van der Waals surface area contributed by atoms with Crippen LogP contribution in [0.1, 0.15) is 96.3 Å². The number of hydrogen-bond donors (Lipinski definition) is 0. The summed E-state index contributed by atoms with van der Waals surface area (Å²) < 4.78 is 54.9. The van der Waals surface area contributed by atoms with E-state index in [1.807, 2.05) is 0 Å². The second-order valence-corrected chi connectivity index (χ2v) is 13.0. The van der Waals surface area contributed by atoms with Crippen molar-refractivity contribution in [1.82, 2.24) is 0 Å². The molecule has 28 heavy (non-hydrogen) atoms. The highest BCUT2D eigenvalue weighted by Crippen LogP contribution is 2.61. The molecule has 0 N–H and O–H groups in total. The number of alkyl halides is 3. The molecular weight excluding hydrogens is 407 g/mol. The second kappa shape index (κ2) is 11.5. The van der Waals surface area contributed by atoms with E-state index in [0.29, 0.717) is 7.92 Å². The highest BCUT2D eigenvalue weighted by Gasteiger charge is 2.45. The zero-order valence-electron chi connectivity index (χ0n) is 16.6. The predicted molar refractivity (Wildman–Crippen MR) is 109 cm³/mol. The Hall–Kier alpha value is 0.195. The Morgan fingerprint density at radius 2 is 0.964 bits per heavy atom. The quantitative estimate of drug-likeness (QED) is 0.289. The largest absolute Gasteiger partial charge is 0.521 e. The molecule has 0 bridgehead atoms. The van der Waals surface area contributed by atoms with Crippen LogP contribution in [0.3, 0.4) is 0 Å². The van der Waals surface area contributed by atoms with Crippen molar-refractivity contribution in [3.63, 3.8) is 0 Å². The van der Waals surface area contributed by atoms with E-state index in [4.69, 9.17) is 0 Å². The fraction of sp³-hybridized carbons (Fsp3) is 1.00. The average Bonchev–Trinajstić information content (AvgIpc) is 2.70. The SMILES string of the molecule is C1CCC(P(C2CCCCC2)C2CCCCC2)CC1.[B]OS(=O)(=O)C(F)(F)F. The molecule has 0 aromatic rings. The van der Waals surface area contributed by atoms with Gasteiger partial charge in [-0.25, -0.2) is 0 Å². The Balaban J connectivity index is 0.000000266. The summed E-state index contributed by atoms with van der Waals surface area (Å²) in [4.78, 5) is 0. The molecular formula is C19H33BF3O3PS. The normalized spacial score (nSPS) is 24.0. The van der Waals surface area contributed by atoms with Gasteiger partial charge in [0, 0.05) is 0 Å². The lowest BCUT2D eigenvalue weighted by atomic mass is 9.99. The molecule has 0 aromatic carbocycles. The van der Waals surface area contributed by atoms with Crippen molar-refractivity contribution in [3.8, 4) is 0 Å². The lowest BCUT2D eigenvalue weighted by Gasteiger charge is -2.44. The molecule has 0 unspecified atom stereocenters. The molecule has 3 nitrogen and oxygen atoms in total. The molecule has 3 aliphatic carbocycles. The molecule has 2 radical (unpaired) electrons. The number of halogens is 3. The van der Waals surface area contributed by atoms with Gasteiger partial charge < -0.3 is 4.10 Å². The fourth-order valence-corrected chi connectivity index (χ4v) is 9.87. The van der Waals surface area contributed by atoms with Crippen LogP contribution in [-0.2, 0) is 14.2 Å². The van der Waals surface area contributed by atoms with Crippen molar-refractivity contribution in [2.75, 3.05) is 0 Å². The van der Waals surface area contributed by atoms with E-state index in [2.05, 4.69) is 12.1 Å². The maximum Gasteiger partial charge on any atom is 0.521 e. The van der Waals surface area contributed by atoms with Crippen LogP contribution in [0.15, 0.2) is 0 Å². The molecule has 0 amide bonds. The Morgan fingerprint density at radius 1 is 0.679 bits per heavy atom. The van der Waals surface area contributed by atoms with Crippen molar-refractivity contribution in [2.24, 2.45) is 0 Å². The van der Waals surface area contributed by atoms with Crippen molar-refractivity contribution < 1.29 is 25.7 Å². The molecule has 3 saturated carbocycles. The van der Waals surface area contributed by atoms with Gasteiger partial charge in [-0.3, -0.25) is 0 Å². The van der Waals surface area contributed by atoms with E-state index in [9.17, 15) is 21.6 Å². The van der Waals surface area contributed by atoms with Gasteiger partial charge in [0.05, 0.1) is 0 Å². The monoisotopic (exact) mass is 440 g/mol. The van der Waals surface area contributed by atoms with E-state index in [1.165, 1.54) is 36.2 Å². The maximum atomic E-state index is 11.0. The number of rotatable bonds is 4. The third-order valence-corrected chi connectivity index (χ3v) is 11.3. The predicted octanol–water partition coefficient (Wildman–Crippen LogP) is 6.40. The van der Waals surface area contributed by atoms with Gasteiger partial charge in [0.1, 0.15) is 0 Å². The van der Waals surface area contributed by atoms with E-state index < -0.39 is 15.6 Å². The summed E-state index contributed by atoms with van der Waals surface area (Å²) in [5.41, 5.74) is -1.86. The molecule has 3 aliphatic rings. The van der Waals surface area contributed by atoms with E-state index in [1.54, 1.807) is 77.0 Å². The van der Waals surface area contributed by atoms with Crippen LogP contribution in [0, 0.1) is 0 Å². The Morgan fingerprint density at radius 3 is 1.14 bits per heavy atom. The smallest absolute Gasteiger partial charge is 0.340 e. The Bertz CT molecular complexity index is 498. The van der Waals surface area contributed by atoms with Crippen molar-refractivity contribution in [2.45, 2.75) is 119 Å². The van der Waals surface area contributed by atoms with Crippen LogP contribution < -0.4 is 0 Å². The standard InChI is InChI=1S/C18H33P.CBF3O3S/c1-4-10-16(11-5-1)19(17-12-6-2-7-13-17)18-14-8-3-9-15-18;2-8-9(6,7)1(3,4)5/h16-18H,1-15H2;. The van der Waals surface area contributed by atoms with Crippen LogP contribution in [0.4, 0.5) is 13.2 Å². The first-order valence-electron chi connectivity index (χ1n) is 10.7. The highest BCUT2D eigenvalue weighted by atomic mass is 32.2. The molecule has 0 aliphatic heterocycles. The molecule has 162 valence electrons. The molecule has 3 fully saturated rings. The second-order valence-electron chi connectivity index (χ2n) is 8.32. The lowest BCUT2D eigenvalue weighted by molar-refractivity contribution is -0.0497. The molecule has 0 spiro atoms. The zero-order valence-corrected chi connectivity index (χ0v) is 18.3. The molecule has 0 saturated heterocycles. The van der Waals surface area contributed by atoms with E-state index in [0.717, 1.165) is 0 Å². The minimum absolute atomic E-state index is 0.385. The van der Waals surface area contributed by atoms with Gasteiger partial charge in [0.25, 0.3) is 0 Å². The Kier molecular flexibility index (Phi) is 10.1. The van der Waals surface area contributed by atoms with Crippen LogP contribution in [0.25, 0.3) is 0 Å². The molecule has 3 rings (SSSR count). The van der Waals surface area contributed by atoms with Gasteiger partial charge in [-0.05, 0) is 55.5 Å². The third kappa shape index (κ3) is 7.16. The summed E-state index contributed by atoms with van der Waals surface area (Å²) >= 11 is 0. The van der Waals surface area contributed by atoms with Crippen LogP contribution in [0.2, 0.25) is 0 Å². The minimum Gasteiger partial charge on any atom is -0.340 e. The summed E-state index contributed by atoms with van der Waals surface area (Å²) in [5.74, 6) is 0. The summed E-state index contributed by atoms with van der Waals surface area (Å²) in [5, 5.41) is 0. The summed E-state index contributed by atoms with van der Waals surface area (Å²) in [7, 11) is -1.39. The maximum absolute atomic E-state index is 11.0. The van der Waals surface area contributed by atoms with Gasteiger partial charge in [-0.15, -0.1) is 0 Å². The molecule has 0 atom stereocenters. The van der Waals surface area contributed by atoms with E-state index in [-0.39, 0.29) is 0 Å². The van der Waals surface area contributed by atoms with Crippen LogP contribution in [0.5, 0.6) is 0 Å². The van der Waals surface area contributed by atoms with Gasteiger partial charge in [-0.2, -0.15) is 21.6 Å². The van der Waals surface area contributed by atoms with Crippen molar-refractivity contribution in [3.05, 3.63) is 0 Å². The Labute approximate surface area is 170 Å². The zero-order chi connectivity index (χ0) is 20.6. The molecule has 0 heterocycles. The minimum atomic E-state index is -5.56. The van der Waals surface area contributed by atoms with E-state index >= 15 is 0 Å². The third-order valence-electron chi connectivity index (χ3n) is 6.40. The first kappa shape index (κ1) is 24.5. The summed E-state index contributed by atoms with van der Waals surface area (Å²) in [6.45, 7) is 0. The average molecular weight is 440 g/mol. The van der Waals surface area contributed by atoms with Gasteiger partial charge >= 0.3 is 23.7 Å². The number of hydrogen-bond acceptors (Lipinski definition) is 3. The molecule has 0 aromatic heterocycles. The van der Waals surface area contributed by atoms with Gasteiger partial charge in [0.2, 0.25) is 0 Å². The first-order chi connectivity index (χ1) is 13.3. The van der Waals surface area contributed by atoms with Crippen molar-refractivity contribution in [1.29, 1.82) is 0 Å². The highest BCUT2D eigenvalue weighted by molar-refractivity contribution is 7.88. The summed E-state index contributed by atoms with van der Waals surface area (Å²) in [6.07, 6.45) is 23.6. The van der Waals surface area contributed by atoms with Crippen LogP contribution >= 0.6 is 7.92 Å². The first-order valence-corrected chi connectivity index (χ1v) is 13.7. The van der Waals surface area contributed by atoms with Crippen molar-refractivity contribution >= 4 is 26.1 Å².